The molecule has 0 atom stereocenters. The highest BCUT2D eigenvalue weighted by Gasteiger charge is 2.16. The average Bonchev–Trinajstić information content (AvgIpc) is 2.40. The van der Waals surface area contributed by atoms with Gasteiger partial charge in [-0.15, -0.1) is 0 Å². The summed E-state index contributed by atoms with van der Waals surface area (Å²) in [6.07, 6.45) is 23.5. The van der Waals surface area contributed by atoms with Crippen molar-refractivity contribution in [2.45, 2.75) is 78.1 Å². The fourth-order valence-corrected chi connectivity index (χ4v) is 2.96. The molecule has 0 heteroatoms. The van der Waals surface area contributed by atoms with E-state index in [0.717, 1.165) is 11.8 Å². The van der Waals surface area contributed by atoms with Crippen molar-refractivity contribution in [3.05, 3.63) is 24.3 Å². The Hall–Kier alpha value is -0.520. The zero-order chi connectivity index (χ0) is 13.1. The smallest absolute Gasteiger partial charge is 0.0233 e. The van der Waals surface area contributed by atoms with Crippen LogP contribution in [0.2, 0.25) is 0 Å². The lowest BCUT2D eigenvalue weighted by molar-refractivity contribution is 0.356. The van der Waals surface area contributed by atoms with Gasteiger partial charge in [0.15, 0.2) is 0 Å². The Morgan fingerprint density at radius 2 is 1.44 bits per heavy atom. The molecule has 0 aromatic heterocycles. The van der Waals surface area contributed by atoms with Crippen molar-refractivity contribution in [2.24, 2.45) is 11.8 Å². The Bertz CT molecular complexity index is 228. The summed E-state index contributed by atoms with van der Waals surface area (Å²) in [4.78, 5) is 0. The second-order valence-corrected chi connectivity index (χ2v) is 5.83. The third kappa shape index (κ3) is 7.03. The van der Waals surface area contributed by atoms with Crippen LogP contribution >= 0.6 is 0 Å². The summed E-state index contributed by atoms with van der Waals surface area (Å²) in [5.41, 5.74) is 0. The number of unbranched alkanes of at least 4 members (excludes halogenated alkanes) is 5. The van der Waals surface area contributed by atoms with Gasteiger partial charge >= 0.3 is 0 Å². The van der Waals surface area contributed by atoms with Gasteiger partial charge in [0.2, 0.25) is 0 Å². The van der Waals surface area contributed by atoms with Crippen molar-refractivity contribution in [3.63, 3.8) is 0 Å². The van der Waals surface area contributed by atoms with E-state index in [4.69, 9.17) is 0 Å². The molecule has 1 saturated carbocycles. The van der Waals surface area contributed by atoms with E-state index in [1.807, 2.05) is 0 Å². The molecule has 1 rings (SSSR count). The molecular formula is C18H32. The van der Waals surface area contributed by atoms with Crippen molar-refractivity contribution in [1.29, 1.82) is 0 Å². The molecule has 0 bridgehead atoms. The fourth-order valence-electron chi connectivity index (χ4n) is 2.96. The Morgan fingerprint density at radius 1 is 0.833 bits per heavy atom. The number of hydrogen-bond donors (Lipinski definition) is 0. The van der Waals surface area contributed by atoms with Crippen LogP contribution in [0, 0.1) is 11.8 Å². The first-order chi connectivity index (χ1) is 8.86. The molecule has 1 aliphatic carbocycles. The van der Waals surface area contributed by atoms with Crippen molar-refractivity contribution in [1.82, 2.24) is 0 Å². The molecule has 0 amide bonds. The van der Waals surface area contributed by atoms with Gasteiger partial charge in [-0.05, 0) is 57.3 Å². The van der Waals surface area contributed by atoms with Crippen LogP contribution in [0.25, 0.3) is 0 Å². The maximum absolute atomic E-state index is 2.51. The standard InChI is InChI=1S/C18H32/c1-3-5-6-7-8-9-10-12-18-15-13-17(11-4-2)14-16-18/h4,10-12,17-18H,3,5-9,13-16H2,1-2H3/b11-4+,12-10+. The Kier molecular flexibility index (Phi) is 8.98. The quantitative estimate of drug-likeness (QED) is 0.350. The van der Waals surface area contributed by atoms with Crippen LogP contribution in [-0.4, -0.2) is 0 Å². The van der Waals surface area contributed by atoms with Crippen LogP contribution < -0.4 is 0 Å². The van der Waals surface area contributed by atoms with Crippen LogP contribution in [0.5, 0.6) is 0 Å². The molecule has 0 aromatic carbocycles. The second-order valence-electron chi connectivity index (χ2n) is 5.83. The summed E-state index contributed by atoms with van der Waals surface area (Å²) in [6.45, 7) is 4.43. The summed E-state index contributed by atoms with van der Waals surface area (Å²) in [5.74, 6) is 1.75. The second kappa shape index (κ2) is 10.4. The first kappa shape index (κ1) is 15.5. The Balaban J connectivity index is 2.02. The van der Waals surface area contributed by atoms with Gasteiger partial charge in [-0.25, -0.2) is 0 Å². The van der Waals surface area contributed by atoms with E-state index in [1.165, 1.54) is 64.2 Å². The number of allylic oxidation sites excluding steroid dienone is 4. The van der Waals surface area contributed by atoms with Gasteiger partial charge in [0.05, 0.1) is 0 Å². The Morgan fingerprint density at radius 3 is 2.06 bits per heavy atom. The van der Waals surface area contributed by atoms with Crippen LogP contribution in [0.1, 0.15) is 78.1 Å². The monoisotopic (exact) mass is 248 g/mol. The molecule has 104 valence electrons. The third-order valence-corrected chi connectivity index (χ3v) is 4.16. The minimum atomic E-state index is 0.869. The maximum atomic E-state index is 2.51. The first-order valence-electron chi connectivity index (χ1n) is 8.16. The summed E-state index contributed by atoms with van der Waals surface area (Å²) >= 11 is 0. The largest absolute Gasteiger partial charge is 0.0914 e. The molecule has 0 N–H and O–H groups in total. The minimum Gasteiger partial charge on any atom is -0.0914 e. The molecule has 0 aliphatic heterocycles. The third-order valence-electron chi connectivity index (χ3n) is 4.16. The Labute approximate surface area is 115 Å². The summed E-state index contributed by atoms with van der Waals surface area (Å²) in [7, 11) is 0. The van der Waals surface area contributed by atoms with Crippen molar-refractivity contribution in [3.8, 4) is 0 Å². The fraction of sp³-hybridized carbons (Fsp3) is 0.778. The van der Waals surface area contributed by atoms with Gasteiger partial charge in [0.1, 0.15) is 0 Å². The van der Waals surface area contributed by atoms with Crippen molar-refractivity contribution < 1.29 is 0 Å². The first-order valence-corrected chi connectivity index (χ1v) is 8.16. The predicted molar refractivity (Wildman–Crippen MR) is 82.8 cm³/mol. The molecule has 1 fully saturated rings. The molecule has 0 aromatic rings. The topological polar surface area (TPSA) is 0 Å². The minimum absolute atomic E-state index is 0.869. The zero-order valence-corrected chi connectivity index (χ0v) is 12.5. The van der Waals surface area contributed by atoms with Gasteiger partial charge in [-0.1, -0.05) is 56.9 Å². The lowest BCUT2D eigenvalue weighted by atomic mass is 9.81. The molecule has 0 nitrogen and oxygen atoms in total. The zero-order valence-electron chi connectivity index (χ0n) is 12.5. The summed E-state index contributed by atoms with van der Waals surface area (Å²) < 4.78 is 0. The highest BCUT2D eigenvalue weighted by molar-refractivity contribution is 4.95. The van der Waals surface area contributed by atoms with Crippen molar-refractivity contribution >= 4 is 0 Å². The maximum Gasteiger partial charge on any atom is -0.0233 e. The van der Waals surface area contributed by atoms with Gasteiger partial charge in [-0.2, -0.15) is 0 Å². The van der Waals surface area contributed by atoms with Crippen LogP contribution in [-0.2, 0) is 0 Å². The van der Waals surface area contributed by atoms with Gasteiger partial charge < -0.3 is 0 Å². The van der Waals surface area contributed by atoms with E-state index in [1.54, 1.807) is 0 Å². The number of rotatable bonds is 8. The summed E-state index contributed by atoms with van der Waals surface area (Å²) in [5, 5.41) is 0. The molecule has 0 spiro atoms. The molecule has 1 aliphatic rings. The highest BCUT2D eigenvalue weighted by atomic mass is 14.2. The van der Waals surface area contributed by atoms with E-state index in [9.17, 15) is 0 Å². The molecule has 0 radical (unpaired) electrons. The van der Waals surface area contributed by atoms with E-state index in [0.29, 0.717) is 0 Å². The predicted octanol–water partition coefficient (Wildman–Crippen LogP) is 6.29. The molecule has 0 unspecified atom stereocenters. The molecule has 0 saturated heterocycles. The SMILES string of the molecule is C/C=C/C1CCC(/C=C/CCCCCCC)CC1. The van der Waals surface area contributed by atoms with E-state index in [-0.39, 0.29) is 0 Å². The van der Waals surface area contributed by atoms with Gasteiger partial charge in [0, 0.05) is 0 Å². The molecule has 0 heterocycles. The van der Waals surface area contributed by atoms with E-state index >= 15 is 0 Å². The van der Waals surface area contributed by atoms with E-state index in [2.05, 4.69) is 38.2 Å². The summed E-state index contributed by atoms with van der Waals surface area (Å²) in [6, 6.07) is 0. The van der Waals surface area contributed by atoms with Crippen molar-refractivity contribution in [2.75, 3.05) is 0 Å². The molecular weight excluding hydrogens is 216 g/mol. The lowest BCUT2D eigenvalue weighted by Gasteiger charge is -2.24. The van der Waals surface area contributed by atoms with E-state index < -0.39 is 0 Å². The molecule has 18 heavy (non-hydrogen) atoms. The van der Waals surface area contributed by atoms with Crippen LogP contribution in [0.4, 0.5) is 0 Å². The van der Waals surface area contributed by atoms with Gasteiger partial charge in [0.25, 0.3) is 0 Å². The normalized spacial score (nSPS) is 25.2. The van der Waals surface area contributed by atoms with Crippen LogP contribution in [0.3, 0.4) is 0 Å². The number of hydrogen-bond acceptors (Lipinski definition) is 0. The van der Waals surface area contributed by atoms with Gasteiger partial charge in [-0.3, -0.25) is 0 Å². The van der Waals surface area contributed by atoms with Crippen LogP contribution in [0.15, 0.2) is 24.3 Å². The lowest BCUT2D eigenvalue weighted by Crippen LogP contribution is -2.11. The highest BCUT2D eigenvalue weighted by Crippen LogP contribution is 2.30. The average molecular weight is 248 g/mol.